The molecule has 0 aromatic heterocycles. The van der Waals surface area contributed by atoms with Crippen LogP contribution in [0.2, 0.25) is 0 Å². The van der Waals surface area contributed by atoms with Gasteiger partial charge in [-0.3, -0.25) is 4.79 Å². The second-order valence-corrected chi connectivity index (χ2v) is 9.03. The van der Waals surface area contributed by atoms with Gasteiger partial charge < -0.3 is 25.1 Å². The summed E-state index contributed by atoms with van der Waals surface area (Å²) in [5.41, 5.74) is 0.461. The third-order valence-electron chi connectivity index (χ3n) is 5.45. The molecule has 0 aromatic rings. The van der Waals surface area contributed by atoms with E-state index in [-0.39, 0.29) is 23.3 Å². The van der Waals surface area contributed by atoms with Gasteiger partial charge in [0.25, 0.3) is 0 Å². The maximum Gasteiger partial charge on any atom is 0.353 e. The van der Waals surface area contributed by atoms with Gasteiger partial charge in [-0.05, 0) is 37.6 Å². The molecule has 2 rings (SSSR count). The van der Waals surface area contributed by atoms with Gasteiger partial charge in [0.1, 0.15) is 12.0 Å². The number of nitrogens with zero attached hydrogens (tertiary/aromatic N) is 1. The minimum absolute atomic E-state index is 0.0196. The number of aldehydes is 1. The summed E-state index contributed by atoms with van der Waals surface area (Å²) < 4.78 is 4.76. The van der Waals surface area contributed by atoms with Crippen LogP contribution >= 0.6 is 0 Å². The third kappa shape index (κ3) is 6.62. The second-order valence-electron chi connectivity index (χ2n) is 9.03. The zero-order valence-corrected chi connectivity index (χ0v) is 17.6. The molecule has 28 heavy (non-hydrogen) atoms. The minimum atomic E-state index is -0.394. The summed E-state index contributed by atoms with van der Waals surface area (Å²) in [6.45, 7) is 8.61. The van der Waals surface area contributed by atoms with Crippen LogP contribution in [0.15, 0.2) is 11.8 Å². The molecule has 0 aliphatic carbocycles. The average Bonchev–Trinajstić information content (AvgIpc) is 2.66. The molecule has 7 heteroatoms. The van der Waals surface area contributed by atoms with E-state index in [1.165, 1.54) is 7.11 Å². The number of amides is 1. The summed E-state index contributed by atoms with van der Waals surface area (Å²) in [6, 6.07) is 0.310. The molecule has 0 aromatic carbocycles. The molecule has 0 spiro atoms. The van der Waals surface area contributed by atoms with Crippen LogP contribution in [0.1, 0.15) is 52.9 Å². The second kappa shape index (κ2) is 10.0. The molecule has 158 valence electrons. The highest BCUT2D eigenvalue weighted by atomic mass is 16.5. The zero-order chi connectivity index (χ0) is 20.7. The number of hydrogen-bond acceptors (Lipinski definition) is 6. The lowest BCUT2D eigenvalue weighted by Gasteiger charge is -2.35. The van der Waals surface area contributed by atoms with E-state index in [0.29, 0.717) is 24.6 Å². The molecule has 1 fully saturated rings. The first-order valence-electron chi connectivity index (χ1n) is 10.2. The van der Waals surface area contributed by atoms with E-state index in [0.717, 1.165) is 45.2 Å². The molecule has 7 nitrogen and oxygen atoms in total. The van der Waals surface area contributed by atoms with Crippen molar-refractivity contribution in [3.05, 3.63) is 11.8 Å². The first-order chi connectivity index (χ1) is 13.2. The van der Waals surface area contributed by atoms with Crippen molar-refractivity contribution in [2.75, 3.05) is 26.7 Å². The van der Waals surface area contributed by atoms with Crippen molar-refractivity contribution in [2.24, 2.45) is 11.3 Å². The van der Waals surface area contributed by atoms with Gasteiger partial charge in [0.2, 0.25) is 5.91 Å². The summed E-state index contributed by atoms with van der Waals surface area (Å²) in [5.74, 6) is -0.282. The molecule has 0 bridgehead atoms. The Balaban J connectivity index is 1.73. The van der Waals surface area contributed by atoms with Crippen molar-refractivity contribution in [3.63, 3.8) is 0 Å². The summed E-state index contributed by atoms with van der Waals surface area (Å²) in [4.78, 5) is 37.4. The minimum Gasteiger partial charge on any atom is -0.464 e. The van der Waals surface area contributed by atoms with Crippen molar-refractivity contribution in [1.29, 1.82) is 0 Å². The predicted octanol–water partition coefficient (Wildman–Crippen LogP) is 1.63. The Kier molecular flexibility index (Phi) is 8.04. The van der Waals surface area contributed by atoms with Crippen molar-refractivity contribution in [2.45, 2.75) is 65.0 Å². The lowest BCUT2D eigenvalue weighted by atomic mass is 9.90. The third-order valence-corrected chi connectivity index (χ3v) is 5.45. The highest BCUT2D eigenvalue weighted by molar-refractivity contribution is 5.88. The molecule has 2 aliphatic rings. The number of rotatable bonds is 7. The molecular weight excluding hydrogens is 358 g/mol. The fourth-order valence-corrected chi connectivity index (χ4v) is 3.81. The molecular formula is C21H35N3O4. The smallest absolute Gasteiger partial charge is 0.353 e. The number of piperidine rings is 1. The van der Waals surface area contributed by atoms with Gasteiger partial charge in [0.05, 0.1) is 7.11 Å². The standard InChI is InChI=1S/C21H35N3O4/c1-21(2,3)13-19(26)24-11-8-16(9-12-24)22-10-7-17-15(14-25)5-6-18(23-17)20(27)28-4/h6,14-17,22-23H,5,7-13H2,1-4H3/t15-,17+/m0/s1. The van der Waals surface area contributed by atoms with Gasteiger partial charge in [-0.15, -0.1) is 0 Å². The van der Waals surface area contributed by atoms with E-state index >= 15 is 0 Å². The van der Waals surface area contributed by atoms with Crippen molar-refractivity contribution < 1.29 is 19.1 Å². The SMILES string of the molecule is COC(=O)C1=CC[C@@H](C=O)[C@@H](CCNC2CCN(C(=O)CC(C)(C)C)CC2)N1. The van der Waals surface area contributed by atoms with Crippen molar-refractivity contribution in [1.82, 2.24) is 15.5 Å². The Bertz CT molecular complexity index is 589. The fraction of sp³-hybridized carbons (Fsp3) is 0.762. The monoisotopic (exact) mass is 393 g/mol. The van der Waals surface area contributed by atoms with Crippen LogP contribution in [0.25, 0.3) is 0 Å². The largest absolute Gasteiger partial charge is 0.464 e. The molecule has 0 unspecified atom stereocenters. The quantitative estimate of drug-likeness (QED) is 0.505. The number of carbonyl (C=O) groups excluding carboxylic acids is 3. The van der Waals surface area contributed by atoms with Crippen LogP contribution in [-0.4, -0.2) is 61.9 Å². The van der Waals surface area contributed by atoms with E-state index in [1.807, 2.05) is 4.90 Å². The highest BCUT2D eigenvalue weighted by Gasteiger charge is 2.29. The molecule has 0 radical (unpaired) electrons. The maximum atomic E-state index is 12.3. The summed E-state index contributed by atoms with van der Waals surface area (Å²) in [5, 5.41) is 6.70. The van der Waals surface area contributed by atoms with Gasteiger partial charge in [0, 0.05) is 37.5 Å². The first-order valence-corrected chi connectivity index (χ1v) is 10.2. The topological polar surface area (TPSA) is 87.7 Å². The van der Waals surface area contributed by atoms with Crippen molar-refractivity contribution >= 4 is 18.2 Å². The Morgan fingerprint density at radius 1 is 1.32 bits per heavy atom. The van der Waals surface area contributed by atoms with E-state index in [1.54, 1.807) is 6.08 Å². The lowest BCUT2D eigenvalue weighted by molar-refractivity contribution is -0.137. The number of carbonyl (C=O) groups is 3. The number of hydrogen-bond donors (Lipinski definition) is 2. The predicted molar refractivity (Wildman–Crippen MR) is 107 cm³/mol. The molecule has 1 amide bonds. The number of nitrogens with one attached hydrogen (secondary N) is 2. The zero-order valence-electron chi connectivity index (χ0n) is 17.6. The normalized spacial score (nSPS) is 23.6. The average molecular weight is 394 g/mol. The molecule has 2 atom stereocenters. The van der Waals surface area contributed by atoms with E-state index in [9.17, 15) is 14.4 Å². The maximum absolute atomic E-state index is 12.3. The lowest BCUT2D eigenvalue weighted by Crippen LogP contribution is -2.47. The van der Waals surface area contributed by atoms with Gasteiger partial charge >= 0.3 is 5.97 Å². The van der Waals surface area contributed by atoms with Crippen LogP contribution < -0.4 is 10.6 Å². The first kappa shape index (κ1) is 22.4. The molecule has 0 saturated carbocycles. The molecule has 2 N–H and O–H groups in total. The van der Waals surface area contributed by atoms with Crippen molar-refractivity contribution in [3.8, 4) is 0 Å². The number of allylic oxidation sites excluding steroid dienone is 1. The summed E-state index contributed by atoms with van der Waals surface area (Å²) in [7, 11) is 1.35. The van der Waals surface area contributed by atoms with Gasteiger partial charge in [0.15, 0.2) is 0 Å². The van der Waals surface area contributed by atoms with Crippen LogP contribution in [0, 0.1) is 11.3 Å². The summed E-state index contributed by atoms with van der Waals surface area (Å²) >= 11 is 0. The number of esters is 1. The molecule has 2 heterocycles. The van der Waals surface area contributed by atoms with E-state index in [2.05, 4.69) is 31.4 Å². The van der Waals surface area contributed by atoms with Gasteiger partial charge in [-0.25, -0.2) is 4.79 Å². The van der Waals surface area contributed by atoms with E-state index in [4.69, 9.17) is 4.74 Å². The highest BCUT2D eigenvalue weighted by Crippen LogP contribution is 2.22. The van der Waals surface area contributed by atoms with Crippen LogP contribution in [0.5, 0.6) is 0 Å². The van der Waals surface area contributed by atoms with E-state index < -0.39 is 5.97 Å². The summed E-state index contributed by atoms with van der Waals surface area (Å²) in [6.07, 6.45) is 6.47. The van der Waals surface area contributed by atoms with Gasteiger partial charge in [-0.1, -0.05) is 26.8 Å². The number of likely N-dealkylation sites (tertiary alicyclic amines) is 1. The number of methoxy groups -OCH3 is 1. The van der Waals surface area contributed by atoms with Crippen LogP contribution in [0.4, 0.5) is 0 Å². The van der Waals surface area contributed by atoms with Gasteiger partial charge in [-0.2, -0.15) is 0 Å². The fourth-order valence-electron chi connectivity index (χ4n) is 3.81. The Morgan fingerprint density at radius 2 is 2.00 bits per heavy atom. The Morgan fingerprint density at radius 3 is 2.57 bits per heavy atom. The molecule has 1 saturated heterocycles. The Hall–Kier alpha value is -1.89. The number of ether oxygens (including phenoxy) is 1. The van der Waals surface area contributed by atoms with Crippen LogP contribution in [-0.2, 0) is 19.1 Å². The van der Waals surface area contributed by atoms with Crippen LogP contribution in [0.3, 0.4) is 0 Å². The molecule has 2 aliphatic heterocycles. The Labute approximate surface area is 168 Å².